The van der Waals surface area contributed by atoms with E-state index in [9.17, 15) is 5.11 Å². The van der Waals surface area contributed by atoms with Gasteiger partial charge in [0, 0.05) is 6.42 Å². The van der Waals surface area contributed by atoms with Crippen LogP contribution in [-0.4, -0.2) is 5.11 Å². The van der Waals surface area contributed by atoms with Crippen LogP contribution in [0.5, 0.6) is 0 Å². The van der Waals surface area contributed by atoms with Crippen LogP contribution >= 0.6 is 0 Å². The van der Waals surface area contributed by atoms with E-state index in [1.807, 2.05) is 25.1 Å². The molecule has 0 aliphatic rings. The summed E-state index contributed by atoms with van der Waals surface area (Å²) < 4.78 is 0. The van der Waals surface area contributed by atoms with Gasteiger partial charge in [0.25, 0.3) is 0 Å². The second-order valence-electron chi connectivity index (χ2n) is 4.09. The quantitative estimate of drug-likeness (QED) is 0.788. The van der Waals surface area contributed by atoms with Crippen molar-refractivity contribution < 1.29 is 5.11 Å². The Kier molecular flexibility index (Phi) is 3.80. The molecule has 0 saturated heterocycles. The van der Waals surface area contributed by atoms with E-state index in [1.165, 1.54) is 10.8 Å². The number of benzene rings is 2. The molecule has 0 fully saturated rings. The molecule has 2 rings (SSSR count). The van der Waals surface area contributed by atoms with Crippen LogP contribution in [0.1, 0.15) is 31.4 Å². The van der Waals surface area contributed by atoms with Crippen molar-refractivity contribution >= 4 is 10.8 Å². The van der Waals surface area contributed by atoms with Crippen LogP contribution in [0.25, 0.3) is 10.8 Å². The third kappa shape index (κ3) is 2.87. The van der Waals surface area contributed by atoms with E-state index in [0.29, 0.717) is 6.42 Å². The molecule has 0 aromatic heterocycles. The molecule has 1 atom stereocenters. The highest BCUT2D eigenvalue weighted by Crippen LogP contribution is 2.22. The molecule has 0 saturated carbocycles. The van der Waals surface area contributed by atoms with Crippen molar-refractivity contribution in [2.45, 2.75) is 25.9 Å². The predicted octanol–water partition coefficient (Wildman–Crippen LogP) is 3.68. The minimum absolute atomic E-state index is 0.416. The largest absolute Gasteiger partial charge is 0.388 e. The summed E-state index contributed by atoms with van der Waals surface area (Å²) in [5.74, 6) is 5.82. The standard InChI is InChI=1S/C16H16O/c1-2-3-4-9-16(17)15-11-10-13-7-5-6-8-14(13)12-15/h5-8,10-12,16-17H,4,9H2,1H3. The molecule has 0 heterocycles. The summed E-state index contributed by atoms with van der Waals surface area (Å²) in [6.45, 7) is 1.82. The number of hydrogen-bond acceptors (Lipinski definition) is 1. The molecule has 0 aliphatic carbocycles. The van der Waals surface area contributed by atoms with Crippen LogP contribution in [0.3, 0.4) is 0 Å². The average Bonchev–Trinajstić information content (AvgIpc) is 2.38. The second-order valence-corrected chi connectivity index (χ2v) is 4.09. The normalized spacial score (nSPS) is 11.9. The van der Waals surface area contributed by atoms with Gasteiger partial charge in [0.05, 0.1) is 6.10 Å². The average molecular weight is 224 g/mol. The van der Waals surface area contributed by atoms with Gasteiger partial charge in [0.15, 0.2) is 0 Å². The number of hydrogen-bond donors (Lipinski definition) is 1. The number of rotatable bonds is 3. The third-order valence-electron chi connectivity index (χ3n) is 2.88. The Labute approximate surface area is 102 Å². The van der Waals surface area contributed by atoms with E-state index in [1.54, 1.807) is 0 Å². The first-order valence-corrected chi connectivity index (χ1v) is 5.87. The Morgan fingerprint density at radius 3 is 2.65 bits per heavy atom. The molecular weight excluding hydrogens is 208 g/mol. The fourth-order valence-electron chi connectivity index (χ4n) is 1.92. The summed E-state index contributed by atoms with van der Waals surface area (Å²) in [5, 5.41) is 12.4. The highest BCUT2D eigenvalue weighted by Gasteiger charge is 2.06. The zero-order chi connectivity index (χ0) is 12.1. The SMILES string of the molecule is CC#CCCC(O)c1ccc2ccccc2c1. The van der Waals surface area contributed by atoms with Crippen molar-refractivity contribution in [3.8, 4) is 11.8 Å². The Hall–Kier alpha value is -1.78. The molecule has 0 aliphatic heterocycles. The zero-order valence-corrected chi connectivity index (χ0v) is 9.98. The minimum Gasteiger partial charge on any atom is -0.388 e. The lowest BCUT2D eigenvalue weighted by molar-refractivity contribution is 0.169. The van der Waals surface area contributed by atoms with Crippen molar-refractivity contribution in [3.63, 3.8) is 0 Å². The number of fused-ring (bicyclic) bond motifs is 1. The van der Waals surface area contributed by atoms with Crippen LogP contribution in [0.15, 0.2) is 42.5 Å². The molecule has 1 N–H and O–H groups in total. The highest BCUT2D eigenvalue weighted by atomic mass is 16.3. The van der Waals surface area contributed by atoms with Gasteiger partial charge in [-0.25, -0.2) is 0 Å². The van der Waals surface area contributed by atoms with Gasteiger partial charge in [-0.3, -0.25) is 0 Å². The minimum atomic E-state index is -0.416. The Bertz CT molecular complexity index is 560. The second kappa shape index (κ2) is 5.52. The lowest BCUT2D eigenvalue weighted by Crippen LogP contribution is -1.96. The monoisotopic (exact) mass is 224 g/mol. The third-order valence-corrected chi connectivity index (χ3v) is 2.88. The van der Waals surface area contributed by atoms with E-state index in [0.717, 1.165) is 12.0 Å². The van der Waals surface area contributed by atoms with E-state index in [2.05, 4.69) is 36.1 Å². The molecule has 0 spiro atoms. The van der Waals surface area contributed by atoms with Crippen molar-refractivity contribution in [1.29, 1.82) is 0 Å². The zero-order valence-electron chi connectivity index (χ0n) is 9.98. The van der Waals surface area contributed by atoms with Gasteiger partial charge in [-0.2, -0.15) is 0 Å². The summed E-state index contributed by atoms with van der Waals surface area (Å²) >= 11 is 0. The molecule has 17 heavy (non-hydrogen) atoms. The summed E-state index contributed by atoms with van der Waals surface area (Å²) in [6.07, 6.45) is 1.02. The first-order chi connectivity index (χ1) is 8.31. The van der Waals surface area contributed by atoms with Crippen LogP contribution in [0, 0.1) is 11.8 Å². The molecule has 2 aromatic carbocycles. The Morgan fingerprint density at radius 1 is 1.12 bits per heavy atom. The van der Waals surface area contributed by atoms with Gasteiger partial charge in [-0.05, 0) is 35.7 Å². The molecule has 1 heteroatoms. The van der Waals surface area contributed by atoms with Gasteiger partial charge in [-0.15, -0.1) is 11.8 Å². The molecule has 0 amide bonds. The predicted molar refractivity (Wildman–Crippen MR) is 71.6 cm³/mol. The number of aliphatic hydroxyl groups is 1. The van der Waals surface area contributed by atoms with Gasteiger partial charge in [-0.1, -0.05) is 36.4 Å². The van der Waals surface area contributed by atoms with E-state index in [4.69, 9.17) is 0 Å². The van der Waals surface area contributed by atoms with Gasteiger partial charge in [0.1, 0.15) is 0 Å². The molecule has 0 bridgehead atoms. The highest BCUT2D eigenvalue weighted by molar-refractivity contribution is 5.83. The van der Waals surface area contributed by atoms with Gasteiger partial charge < -0.3 is 5.11 Å². The maximum Gasteiger partial charge on any atom is 0.0799 e. The first-order valence-electron chi connectivity index (χ1n) is 5.87. The Morgan fingerprint density at radius 2 is 1.88 bits per heavy atom. The Balaban J connectivity index is 2.19. The van der Waals surface area contributed by atoms with Crippen LogP contribution in [-0.2, 0) is 0 Å². The van der Waals surface area contributed by atoms with Crippen LogP contribution in [0.4, 0.5) is 0 Å². The molecule has 86 valence electrons. The van der Waals surface area contributed by atoms with Crippen molar-refractivity contribution in [3.05, 3.63) is 48.0 Å². The van der Waals surface area contributed by atoms with Crippen molar-refractivity contribution in [2.75, 3.05) is 0 Å². The first kappa shape index (κ1) is 11.7. The van der Waals surface area contributed by atoms with Gasteiger partial charge in [0.2, 0.25) is 0 Å². The number of aliphatic hydroxyl groups excluding tert-OH is 1. The van der Waals surface area contributed by atoms with E-state index < -0.39 is 6.10 Å². The fourth-order valence-corrected chi connectivity index (χ4v) is 1.92. The molecule has 1 nitrogen and oxygen atoms in total. The van der Waals surface area contributed by atoms with Gasteiger partial charge >= 0.3 is 0 Å². The molecule has 1 unspecified atom stereocenters. The van der Waals surface area contributed by atoms with E-state index >= 15 is 0 Å². The van der Waals surface area contributed by atoms with E-state index in [-0.39, 0.29) is 0 Å². The maximum atomic E-state index is 10.0. The van der Waals surface area contributed by atoms with Crippen LogP contribution in [0.2, 0.25) is 0 Å². The molecule has 0 radical (unpaired) electrons. The van der Waals surface area contributed by atoms with Crippen molar-refractivity contribution in [2.24, 2.45) is 0 Å². The maximum absolute atomic E-state index is 10.0. The summed E-state index contributed by atoms with van der Waals surface area (Å²) in [6, 6.07) is 14.3. The van der Waals surface area contributed by atoms with Crippen LogP contribution < -0.4 is 0 Å². The molecular formula is C16H16O. The molecule has 2 aromatic rings. The smallest absolute Gasteiger partial charge is 0.0799 e. The topological polar surface area (TPSA) is 20.2 Å². The lowest BCUT2D eigenvalue weighted by Gasteiger charge is -2.10. The van der Waals surface area contributed by atoms with Crippen molar-refractivity contribution in [1.82, 2.24) is 0 Å². The summed E-state index contributed by atoms with van der Waals surface area (Å²) in [7, 11) is 0. The summed E-state index contributed by atoms with van der Waals surface area (Å²) in [5.41, 5.74) is 0.974. The lowest BCUT2D eigenvalue weighted by atomic mass is 10.0. The summed E-state index contributed by atoms with van der Waals surface area (Å²) in [4.78, 5) is 0. The fraction of sp³-hybridized carbons (Fsp3) is 0.250.